The molecule has 0 aliphatic carbocycles. The third-order valence-electron chi connectivity index (χ3n) is 2.59. The fraction of sp³-hybridized carbons (Fsp3) is 0.176. The Morgan fingerprint density at radius 3 is 2.26 bits per heavy atom. The molecule has 0 saturated carbocycles. The summed E-state index contributed by atoms with van der Waals surface area (Å²) >= 11 is 3.43. The van der Waals surface area contributed by atoms with Gasteiger partial charge in [0, 0.05) is 10.0 Å². The third-order valence-corrected chi connectivity index (χ3v) is 3.11. The highest BCUT2D eigenvalue weighted by molar-refractivity contribution is 9.10. The van der Waals surface area contributed by atoms with E-state index in [2.05, 4.69) is 39.9 Å². The standard InChI is InChI=1S/C17H15BrO/c1-17(2,19)12-11-13-5-3-4-6-16(13)14-7-9-15(18)10-8-14/h3-10,19H,1-2H3. The van der Waals surface area contributed by atoms with Crippen LogP contribution in [-0.4, -0.2) is 10.7 Å². The lowest BCUT2D eigenvalue weighted by molar-refractivity contribution is 0.143. The highest BCUT2D eigenvalue weighted by Gasteiger charge is 2.07. The summed E-state index contributed by atoms with van der Waals surface area (Å²) in [6.45, 7) is 3.37. The zero-order valence-electron chi connectivity index (χ0n) is 10.9. The Hall–Kier alpha value is -1.56. The first-order valence-corrected chi connectivity index (χ1v) is 6.85. The topological polar surface area (TPSA) is 20.2 Å². The van der Waals surface area contributed by atoms with Gasteiger partial charge in [-0.05, 0) is 43.2 Å². The molecular weight excluding hydrogens is 300 g/mol. The predicted molar refractivity (Wildman–Crippen MR) is 82.8 cm³/mol. The van der Waals surface area contributed by atoms with Crippen LogP contribution in [0.5, 0.6) is 0 Å². The summed E-state index contributed by atoms with van der Waals surface area (Å²) in [4.78, 5) is 0. The number of rotatable bonds is 1. The highest BCUT2D eigenvalue weighted by Crippen LogP contribution is 2.24. The van der Waals surface area contributed by atoms with Crippen molar-refractivity contribution in [3.05, 3.63) is 58.6 Å². The number of hydrogen-bond acceptors (Lipinski definition) is 1. The number of benzene rings is 2. The molecule has 0 aliphatic rings. The smallest absolute Gasteiger partial charge is 0.120 e. The van der Waals surface area contributed by atoms with Gasteiger partial charge >= 0.3 is 0 Å². The minimum atomic E-state index is -0.979. The fourth-order valence-corrected chi connectivity index (χ4v) is 1.96. The molecule has 2 aromatic carbocycles. The van der Waals surface area contributed by atoms with Gasteiger partial charge in [0.2, 0.25) is 0 Å². The van der Waals surface area contributed by atoms with Crippen molar-refractivity contribution >= 4 is 15.9 Å². The van der Waals surface area contributed by atoms with Crippen molar-refractivity contribution in [2.75, 3.05) is 0 Å². The van der Waals surface area contributed by atoms with E-state index < -0.39 is 5.60 Å². The van der Waals surface area contributed by atoms with E-state index in [1.165, 1.54) is 0 Å². The minimum Gasteiger partial charge on any atom is -0.378 e. The minimum absolute atomic E-state index is 0.923. The molecule has 2 rings (SSSR count). The molecule has 2 heteroatoms. The summed E-state index contributed by atoms with van der Waals surface area (Å²) in [5.74, 6) is 5.91. The van der Waals surface area contributed by atoms with Crippen molar-refractivity contribution in [2.24, 2.45) is 0 Å². The molecular formula is C17H15BrO. The van der Waals surface area contributed by atoms with Crippen LogP contribution in [0.1, 0.15) is 19.4 Å². The van der Waals surface area contributed by atoms with E-state index in [1.54, 1.807) is 13.8 Å². The molecule has 0 amide bonds. The Labute approximate surface area is 122 Å². The first-order valence-electron chi connectivity index (χ1n) is 6.06. The Kier molecular flexibility index (Phi) is 4.09. The molecule has 0 aromatic heterocycles. The van der Waals surface area contributed by atoms with E-state index in [-0.39, 0.29) is 0 Å². The SMILES string of the molecule is CC(C)(O)C#Cc1ccccc1-c1ccc(Br)cc1. The number of aliphatic hydroxyl groups is 1. The molecule has 0 bridgehead atoms. The summed E-state index contributed by atoms with van der Waals surface area (Å²) in [5, 5.41) is 9.70. The van der Waals surface area contributed by atoms with Crippen LogP contribution in [-0.2, 0) is 0 Å². The van der Waals surface area contributed by atoms with Crippen molar-refractivity contribution in [1.82, 2.24) is 0 Å². The van der Waals surface area contributed by atoms with Crippen molar-refractivity contribution in [2.45, 2.75) is 19.4 Å². The van der Waals surface area contributed by atoms with Crippen LogP contribution in [0.3, 0.4) is 0 Å². The van der Waals surface area contributed by atoms with E-state index in [9.17, 15) is 5.11 Å². The summed E-state index contributed by atoms with van der Waals surface area (Å²) in [5.41, 5.74) is 2.13. The van der Waals surface area contributed by atoms with Crippen LogP contribution >= 0.6 is 15.9 Å². The second kappa shape index (κ2) is 5.61. The highest BCUT2D eigenvalue weighted by atomic mass is 79.9. The predicted octanol–water partition coefficient (Wildman–Crippen LogP) is 4.24. The summed E-state index contributed by atoms with van der Waals surface area (Å²) in [7, 11) is 0. The van der Waals surface area contributed by atoms with Crippen LogP contribution in [0.25, 0.3) is 11.1 Å². The first-order chi connectivity index (χ1) is 8.96. The van der Waals surface area contributed by atoms with Gasteiger partial charge in [-0.1, -0.05) is 58.1 Å². The molecule has 0 unspecified atom stereocenters. The molecule has 0 saturated heterocycles. The van der Waals surface area contributed by atoms with Gasteiger partial charge in [0.15, 0.2) is 0 Å². The Bertz CT molecular complexity index is 625. The second-order valence-corrected chi connectivity index (χ2v) is 5.78. The maximum Gasteiger partial charge on any atom is 0.120 e. The zero-order chi connectivity index (χ0) is 13.9. The maximum absolute atomic E-state index is 9.70. The van der Waals surface area contributed by atoms with Crippen LogP contribution in [0.2, 0.25) is 0 Å². The van der Waals surface area contributed by atoms with E-state index >= 15 is 0 Å². The lowest BCUT2D eigenvalue weighted by Gasteiger charge is -2.08. The van der Waals surface area contributed by atoms with Gasteiger partial charge in [-0.25, -0.2) is 0 Å². The van der Waals surface area contributed by atoms with Crippen molar-refractivity contribution in [3.63, 3.8) is 0 Å². The molecule has 0 radical (unpaired) electrons. The van der Waals surface area contributed by atoms with E-state index in [0.29, 0.717) is 0 Å². The molecule has 0 atom stereocenters. The van der Waals surface area contributed by atoms with Crippen LogP contribution in [0, 0.1) is 11.8 Å². The molecule has 0 heterocycles. The molecule has 2 aromatic rings. The summed E-state index contributed by atoms with van der Waals surface area (Å²) < 4.78 is 1.05. The van der Waals surface area contributed by atoms with Gasteiger partial charge in [0.1, 0.15) is 5.60 Å². The molecule has 1 N–H and O–H groups in total. The van der Waals surface area contributed by atoms with Gasteiger partial charge in [-0.2, -0.15) is 0 Å². The van der Waals surface area contributed by atoms with Gasteiger partial charge in [-0.15, -0.1) is 0 Å². The molecule has 0 aliphatic heterocycles. The van der Waals surface area contributed by atoms with Gasteiger partial charge in [0.05, 0.1) is 0 Å². The zero-order valence-corrected chi connectivity index (χ0v) is 12.5. The molecule has 96 valence electrons. The lowest BCUT2D eigenvalue weighted by atomic mass is 9.99. The van der Waals surface area contributed by atoms with Gasteiger partial charge in [0.25, 0.3) is 0 Å². The first kappa shape index (κ1) is 13.9. The fourth-order valence-electron chi connectivity index (χ4n) is 1.69. The number of hydrogen-bond donors (Lipinski definition) is 1. The molecule has 1 nitrogen and oxygen atoms in total. The molecule has 19 heavy (non-hydrogen) atoms. The average Bonchev–Trinajstić information content (AvgIpc) is 2.37. The van der Waals surface area contributed by atoms with Gasteiger partial charge < -0.3 is 5.11 Å². The molecule has 0 spiro atoms. The average molecular weight is 315 g/mol. The summed E-state index contributed by atoms with van der Waals surface area (Å²) in [6, 6.07) is 16.1. The lowest BCUT2D eigenvalue weighted by Crippen LogP contribution is -2.14. The Morgan fingerprint density at radius 1 is 1.00 bits per heavy atom. The van der Waals surface area contributed by atoms with Crippen LogP contribution in [0.4, 0.5) is 0 Å². The third kappa shape index (κ3) is 3.96. The van der Waals surface area contributed by atoms with Gasteiger partial charge in [-0.3, -0.25) is 0 Å². The van der Waals surface area contributed by atoms with E-state index in [4.69, 9.17) is 0 Å². The maximum atomic E-state index is 9.70. The Morgan fingerprint density at radius 2 is 1.63 bits per heavy atom. The quantitative estimate of drug-likeness (QED) is 0.781. The van der Waals surface area contributed by atoms with Crippen LogP contribution in [0.15, 0.2) is 53.0 Å². The Balaban J connectivity index is 2.46. The van der Waals surface area contributed by atoms with E-state index in [0.717, 1.165) is 21.2 Å². The monoisotopic (exact) mass is 314 g/mol. The largest absolute Gasteiger partial charge is 0.378 e. The van der Waals surface area contributed by atoms with Crippen molar-refractivity contribution in [1.29, 1.82) is 0 Å². The normalized spacial score (nSPS) is 10.7. The molecule has 0 fully saturated rings. The van der Waals surface area contributed by atoms with Crippen LogP contribution < -0.4 is 0 Å². The summed E-state index contributed by atoms with van der Waals surface area (Å²) in [6.07, 6.45) is 0. The van der Waals surface area contributed by atoms with Crippen molar-refractivity contribution in [3.8, 4) is 23.0 Å². The van der Waals surface area contributed by atoms with E-state index in [1.807, 2.05) is 36.4 Å². The number of halogens is 1. The van der Waals surface area contributed by atoms with Crippen molar-refractivity contribution < 1.29 is 5.11 Å². The second-order valence-electron chi connectivity index (χ2n) is 4.86.